The Balaban J connectivity index is 2.32. The lowest BCUT2D eigenvalue weighted by molar-refractivity contribution is -0.115. The fraction of sp³-hybridized carbons (Fsp3) is 0.200. The summed E-state index contributed by atoms with van der Waals surface area (Å²) in [5.74, 6) is 5.28. The van der Waals surface area contributed by atoms with Gasteiger partial charge in [-0.05, 0) is 18.2 Å². The summed E-state index contributed by atoms with van der Waals surface area (Å²) in [5, 5.41) is 3.46. The molecule has 16 heavy (non-hydrogen) atoms. The minimum atomic E-state index is 0.000962. The number of hydrogen-bond donors (Lipinski definition) is 3. The van der Waals surface area contributed by atoms with Crippen molar-refractivity contribution in [2.24, 2.45) is 5.84 Å². The first kappa shape index (κ1) is 10.8. The van der Waals surface area contributed by atoms with Crippen LogP contribution in [-0.2, 0) is 4.79 Å². The number of nitrogens with one attached hydrogen (secondary N) is 2. The number of nitrogens with two attached hydrogens (primary N) is 1. The van der Waals surface area contributed by atoms with Crippen LogP contribution >= 0.6 is 11.3 Å². The van der Waals surface area contributed by atoms with E-state index in [1.165, 1.54) is 11.3 Å². The summed E-state index contributed by atoms with van der Waals surface area (Å²) in [6, 6.07) is 5.58. The van der Waals surface area contributed by atoms with Gasteiger partial charge in [0.1, 0.15) is 0 Å². The van der Waals surface area contributed by atoms with Crippen LogP contribution in [0.15, 0.2) is 18.2 Å². The molecule has 2 rings (SSSR count). The lowest BCUT2D eigenvalue weighted by Crippen LogP contribution is -2.08. The molecule has 5 nitrogen and oxygen atoms in total. The number of amides is 1. The minimum absolute atomic E-state index is 0.000962. The van der Waals surface area contributed by atoms with Gasteiger partial charge in [-0.1, -0.05) is 18.3 Å². The van der Waals surface area contributed by atoms with E-state index in [-0.39, 0.29) is 5.91 Å². The summed E-state index contributed by atoms with van der Waals surface area (Å²) < 4.78 is 0.988. The number of aromatic nitrogens is 1. The Morgan fingerprint density at radius 2 is 2.38 bits per heavy atom. The topological polar surface area (TPSA) is 80.0 Å². The van der Waals surface area contributed by atoms with Crippen molar-refractivity contribution in [3.8, 4) is 0 Å². The van der Waals surface area contributed by atoms with Crippen molar-refractivity contribution < 1.29 is 4.79 Å². The Kier molecular flexibility index (Phi) is 3.02. The number of anilines is 2. The zero-order valence-corrected chi connectivity index (χ0v) is 9.60. The molecule has 0 saturated heterocycles. The number of hydrogen-bond acceptors (Lipinski definition) is 5. The molecule has 0 spiro atoms. The van der Waals surface area contributed by atoms with E-state index in [0.717, 1.165) is 15.9 Å². The number of carbonyl (C=O) groups is 1. The second-order valence-electron chi connectivity index (χ2n) is 3.25. The molecule has 6 heteroatoms. The third kappa shape index (κ3) is 2.12. The highest BCUT2D eigenvalue weighted by Crippen LogP contribution is 2.27. The first-order valence-electron chi connectivity index (χ1n) is 4.90. The van der Waals surface area contributed by atoms with Crippen LogP contribution in [-0.4, -0.2) is 10.9 Å². The van der Waals surface area contributed by atoms with Gasteiger partial charge in [-0.15, -0.1) is 0 Å². The number of thiazole rings is 1. The second kappa shape index (κ2) is 4.46. The summed E-state index contributed by atoms with van der Waals surface area (Å²) in [6.07, 6.45) is 0.469. The third-order valence-electron chi connectivity index (χ3n) is 2.12. The van der Waals surface area contributed by atoms with Crippen LogP contribution in [0.2, 0.25) is 0 Å². The van der Waals surface area contributed by atoms with Gasteiger partial charge in [0.15, 0.2) is 5.13 Å². The van der Waals surface area contributed by atoms with Crippen molar-refractivity contribution in [1.29, 1.82) is 0 Å². The standard InChI is InChI=1S/C10H12N4OS/c1-2-9(15)12-6-3-4-7-8(5-6)16-10(13-7)14-11/h3-5H,2,11H2,1H3,(H,12,15)(H,13,14). The monoisotopic (exact) mass is 236 g/mol. The van der Waals surface area contributed by atoms with Gasteiger partial charge in [0.2, 0.25) is 5.91 Å². The van der Waals surface area contributed by atoms with Crippen LogP contribution in [0.1, 0.15) is 13.3 Å². The molecule has 4 N–H and O–H groups in total. The fourth-order valence-electron chi connectivity index (χ4n) is 1.31. The summed E-state index contributed by atoms with van der Waals surface area (Å²) in [4.78, 5) is 15.5. The van der Waals surface area contributed by atoms with Gasteiger partial charge in [0.25, 0.3) is 0 Å². The van der Waals surface area contributed by atoms with E-state index in [2.05, 4.69) is 15.7 Å². The smallest absolute Gasteiger partial charge is 0.224 e. The molecule has 0 aliphatic heterocycles. The average Bonchev–Trinajstić information content (AvgIpc) is 2.71. The Morgan fingerprint density at radius 1 is 1.56 bits per heavy atom. The number of rotatable bonds is 3. The molecule has 84 valence electrons. The number of fused-ring (bicyclic) bond motifs is 1. The van der Waals surface area contributed by atoms with E-state index in [4.69, 9.17) is 5.84 Å². The van der Waals surface area contributed by atoms with E-state index in [0.29, 0.717) is 11.6 Å². The summed E-state index contributed by atoms with van der Waals surface area (Å²) in [6.45, 7) is 1.82. The lowest BCUT2D eigenvalue weighted by atomic mass is 10.3. The van der Waals surface area contributed by atoms with Crippen LogP contribution in [0.4, 0.5) is 10.8 Å². The maximum Gasteiger partial charge on any atom is 0.224 e. The number of nitrogens with zero attached hydrogens (tertiary/aromatic N) is 1. The average molecular weight is 236 g/mol. The number of nitrogen functional groups attached to an aromatic ring is 1. The Morgan fingerprint density at radius 3 is 3.06 bits per heavy atom. The maximum atomic E-state index is 11.2. The molecule has 1 amide bonds. The predicted octanol–water partition coefficient (Wildman–Crippen LogP) is 1.93. The molecule has 0 fully saturated rings. The molecular weight excluding hydrogens is 224 g/mol. The minimum Gasteiger partial charge on any atom is -0.326 e. The molecule has 1 aromatic heterocycles. The summed E-state index contributed by atoms with van der Waals surface area (Å²) >= 11 is 1.45. The largest absolute Gasteiger partial charge is 0.326 e. The van der Waals surface area contributed by atoms with Crippen molar-refractivity contribution >= 4 is 38.3 Å². The van der Waals surface area contributed by atoms with Crippen LogP contribution in [0.25, 0.3) is 10.2 Å². The van der Waals surface area contributed by atoms with Gasteiger partial charge in [-0.3, -0.25) is 10.2 Å². The first-order chi connectivity index (χ1) is 7.72. The maximum absolute atomic E-state index is 11.2. The highest BCUT2D eigenvalue weighted by atomic mass is 32.1. The van der Waals surface area contributed by atoms with Gasteiger partial charge in [0, 0.05) is 12.1 Å². The third-order valence-corrected chi connectivity index (χ3v) is 3.07. The van der Waals surface area contributed by atoms with Crippen molar-refractivity contribution in [1.82, 2.24) is 4.98 Å². The zero-order valence-electron chi connectivity index (χ0n) is 8.78. The SMILES string of the molecule is CCC(=O)Nc1ccc2nc(NN)sc2c1. The van der Waals surface area contributed by atoms with Crippen molar-refractivity contribution in [2.45, 2.75) is 13.3 Å². The van der Waals surface area contributed by atoms with E-state index >= 15 is 0 Å². The number of hydrazine groups is 1. The second-order valence-corrected chi connectivity index (χ2v) is 4.28. The zero-order chi connectivity index (χ0) is 11.5. The molecule has 0 aliphatic rings. The van der Waals surface area contributed by atoms with E-state index in [1.807, 2.05) is 25.1 Å². The van der Waals surface area contributed by atoms with Gasteiger partial charge < -0.3 is 5.32 Å². The molecule has 1 heterocycles. The Bertz CT molecular complexity index is 523. The Hall–Kier alpha value is -1.66. The first-order valence-corrected chi connectivity index (χ1v) is 5.71. The lowest BCUT2D eigenvalue weighted by Gasteiger charge is -2.02. The summed E-state index contributed by atoms with van der Waals surface area (Å²) in [7, 11) is 0. The van der Waals surface area contributed by atoms with Crippen LogP contribution in [0.5, 0.6) is 0 Å². The van der Waals surface area contributed by atoms with E-state index in [1.54, 1.807) is 0 Å². The number of benzene rings is 1. The van der Waals surface area contributed by atoms with Crippen molar-refractivity contribution in [3.63, 3.8) is 0 Å². The molecule has 1 aromatic carbocycles. The molecule has 0 aliphatic carbocycles. The normalized spacial score (nSPS) is 10.4. The molecule has 0 unspecified atom stereocenters. The molecule has 2 aromatic rings. The van der Waals surface area contributed by atoms with Crippen molar-refractivity contribution in [2.75, 3.05) is 10.7 Å². The highest BCUT2D eigenvalue weighted by Gasteiger charge is 2.04. The molecular formula is C10H12N4OS. The quantitative estimate of drug-likeness (QED) is 0.562. The van der Waals surface area contributed by atoms with Crippen LogP contribution in [0.3, 0.4) is 0 Å². The highest BCUT2D eigenvalue weighted by molar-refractivity contribution is 7.22. The van der Waals surface area contributed by atoms with Gasteiger partial charge in [0.05, 0.1) is 10.2 Å². The molecule has 0 bridgehead atoms. The van der Waals surface area contributed by atoms with Gasteiger partial charge >= 0.3 is 0 Å². The molecule has 0 radical (unpaired) electrons. The van der Waals surface area contributed by atoms with E-state index in [9.17, 15) is 4.79 Å². The molecule has 0 saturated carbocycles. The number of carbonyl (C=O) groups excluding carboxylic acids is 1. The van der Waals surface area contributed by atoms with Crippen LogP contribution in [0, 0.1) is 0 Å². The van der Waals surface area contributed by atoms with Crippen molar-refractivity contribution in [3.05, 3.63) is 18.2 Å². The molecule has 0 atom stereocenters. The summed E-state index contributed by atoms with van der Waals surface area (Å²) in [5.41, 5.74) is 4.16. The van der Waals surface area contributed by atoms with E-state index < -0.39 is 0 Å². The predicted molar refractivity (Wildman–Crippen MR) is 66.4 cm³/mol. The van der Waals surface area contributed by atoms with Gasteiger partial charge in [-0.25, -0.2) is 10.8 Å². The fourth-order valence-corrected chi connectivity index (χ4v) is 2.13. The van der Waals surface area contributed by atoms with Crippen LogP contribution < -0.4 is 16.6 Å². The Labute approximate surface area is 96.6 Å². The van der Waals surface area contributed by atoms with Gasteiger partial charge in [-0.2, -0.15) is 0 Å².